The molecule has 0 aliphatic carbocycles. The molecule has 0 spiro atoms. The molecule has 0 bridgehead atoms. The molecule has 0 aliphatic heterocycles. The van der Waals surface area contributed by atoms with Crippen LogP contribution in [0, 0.1) is 17.8 Å². The van der Waals surface area contributed by atoms with Crippen LogP contribution in [0.25, 0.3) is 0 Å². The van der Waals surface area contributed by atoms with Crippen LogP contribution in [0.3, 0.4) is 0 Å². The average molecular weight is 658 g/mol. The first-order valence-electron chi connectivity index (χ1n) is 19.6. The number of unbranched alkanes of at least 4 members (excludes halogenated alkanes) is 14. The fraction of sp³-hybridized carbons (Fsp3) is 0.833. The molecular formula is C42H75NO4. The number of esters is 2. The van der Waals surface area contributed by atoms with Crippen molar-refractivity contribution < 1.29 is 19.1 Å². The van der Waals surface area contributed by atoms with Gasteiger partial charge in [0.1, 0.15) is 0 Å². The summed E-state index contributed by atoms with van der Waals surface area (Å²) >= 11 is 0. The maximum absolute atomic E-state index is 12.3. The third-order valence-corrected chi connectivity index (χ3v) is 9.07. The number of ether oxygens (including phenoxy) is 2. The molecule has 272 valence electrons. The van der Waals surface area contributed by atoms with Crippen molar-refractivity contribution in [2.24, 2.45) is 17.8 Å². The van der Waals surface area contributed by atoms with Gasteiger partial charge in [0.05, 0.1) is 19.6 Å². The number of allylic oxidation sites excluding steroid dienone is 1. The lowest BCUT2D eigenvalue weighted by atomic mass is 9.93. The van der Waals surface area contributed by atoms with E-state index in [2.05, 4.69) is 63.5 Å². The van der Waals surface area contributed by atoms with E-state index < -0.39 is 0 Å². The predicted octanol–water partition coefficient (Wildman–Crippen LogP) is 11.6. The molecule has 0 aromatic rings. The Labute approximate surface area is 291 Å². The highest BCUT2D eigenvalue weighted by atomic mass is 16.5. The van der Waals surface area contributed by atoms with Gasteiger partial charge in [-0.1, -0.05) is 141 Å². The third-order valence-electron chi connectivity index (χ3n) is 9.07. The SMILES string of the molecule is C=C=C=C=CC(CCCCC)CC(=O)OCCCCCCCCC(CCCCCCCCOC(=O)CC(C)CCCCC)CN(C)C. The Morgan fingerprint density at radius 2 is 1.13 bits per heavy atom. The van der Waals surface area contributed by atoms with Crippen LogP contribution in [0.1, 0.15) is 175 Å². The van der Waals surface area contributed by atoms with Gasteiger partial charge >= 0.3 is 11.9 Å². The van der Waals surface area contributed by atoms with Crippen molar-refractivity contribution in [1.29, 1.82) is 0 Å². The smallest absolute Gasteiger partial charge is 0.306 e. The van der Waals surface area contributed by atoms with E-state index >= 15 is 0 Å². The second-order valence-corrected chi connectivity index (χ2v) is 14.3. The molecule has 5 heteroatoms. The van der Waals surface area contributed by atoms with E-state index in [-0.39, 0.29) is 17.9 Å². The van der Waals surface area contributed by atoms with Crippen molar-refractivity contribution in [3.05, 3.63) is 29.8 Å². The highest BCUT2D eigenvalue weighted by Gasteiger charge is 2.13. The van der Waals surface area contributed by atoms with E-state index in [1.807, 2.05) is 6.08 Å². The Balaban J connectivity index is 3.90. The lowest BCUT2D eigenvalue weighted by Gasteiger charge is -2.21. The lowest BCUT2D eigenvalue weighted by molar-refractivity contribution is -0.145. The Morgan fingerprint density at radius 3 is 1.64 bits per heavy atom. The van der Waals surface area contributed by atoms with E-state index in [9.17, 15) is 9.59 Å². The maximum Gasteiger partial charge on any atom is 0.306 e. The molecule has 0 N–H and O–H groups in total. The Bertz CT molecular complexity index is 864. The molecule has 0 aromatic heterocycles. The number of carbonyl (C=O) groups excluding carboxylic acids is 2. The van der Waals surface area contributed by atoms with Crippen LogP contribution in [0.4, 0.5) is 0 Å². The summed E-state index contributed by atoms with van der Waals surface area (Å²) in [6.07, 6.45) is 29.3. The molecule has 0 fully saturated rings. The van der Waals surface area contributed by atoms with Gasteiger partial charge in [0.2, 0.25) is 0 Å². The summed E-state index contributed by atoms with van der Waals surface area (Å²) in [5.41, 5.74) is 8.26. The van der Waals surface area contributed by atoms with Crippen molar-refractivity contribution in [2.45, 2.75) is 175 Å². The molecule has 47 heavy (non-hydrogen) atoms. The van der Waals surface area contributed by atoms with E-state index in [1.165, 1.54) is 103 Å². The molecule has 0 aromatic carbocycles. The summed E-state index contributed by atoms with van der Waals surface area (Å²) in [6, 6.07) is 0. The second-order valence-electron chi connectivity index (χ2n) is 14.3. The third kappa shape index (κ3) is 32.3. The predicted molar refractivity (Wildman–Crippen MR) is 200 cm³/mol. The van der Waals surface area contributed by atoms with E-state index in [0.717, 1.165) is 50.9 Å². The van der Waals surface area contributed by atoms with Crippen molar-refractivity contribution in [3.63, 3.8) is 0 Å². The van der Waals surface area contributed by atoms with Crippen molar-refractivity contribution >= 4 is 11.9 Å². The average Bonchev–Trinajstić information content (AvgIpc) is 3.02. The number of hydrogen-bond acceptors (Lipinski definition) is 5. The maximum atomic E-state index is 12.3. The van der Waals surface area contributed by atoms with Gasteiger partial charge in [0.15, 0.2) is 0 Å². The molecule has 0 radical (unpaired) electrons. The van der Waals surface area contributed by atoms with Crippen LogP contribution in [-0.2, 0) is 19.1 Å². The summed E-state index contributed by atoms with van der Waals surface area (Å²) in [7, 11) is 4.39. The summed E-state index contributed by atoms with van der Waals surface area (Å²) in [4.78, 5) is 26.7. The van der Waals surface area contributed by atoms with Crippen LogP contribution in [0.15, 0.2) is 29.8 Å². The van der Waals surface area contributed by atoms with Gasteiger partial charge in [0, 0.05) is 13.0 Å². The summed E-state index contributed by atoms with van der Waals surface area (Å²) in [5.74, 6) is 1.27. The van der Waals surface area contributed by atoms with Gasteiger partial charge in [-0.15, -0.1) is 0 Å². The first kappa shape index (κ1) is 45.0. The zero-order valence-corrected chi connectivity index (χ0v) is 31.7. The van der Waals surface area contributed by atoms with Gasteiger partial charge in [-0.2, -0.15) is 0 Å². The van der Waals surface area contributed by atoms with E-state index in [4.69, 9.17) is 9.47 Å². The molecule has 0 rings (SSSR count). The quantitative estimate of drug-likeness (QED) is 0.0399. The molecule has 0 amide bonds. The molecule has 3 atom stereocenters. The van der Waals surface area contributed by atoms with Gasteiger partial charge < -0.3 is 14.4 Å². The molecular weight excluding hydrogens is 582 g/mol. The second kappa shape index (κ2) is 33.9. The monoisotopic (exact) mass is 658 g/mol. The van der Waals surface area contributed by atoms with E-state index in [1.54, 1.807) is 0 Å². The normalized spacial score (nSPS) is 12.9. The largest absolute Gasteiger partial charge is 0.466 e. The van der Waals surface area contributed by atoms with Gasteiger partial charge in [-0.25, -0.2) is 0 Å². The highest BCUT2D eigenvalue weighted by molar-refractivity contribution is 5.70. The first-order valence-corrected chi connectivity index (χ1v) is 19.6. The van der Waals surface area contributed by atoms with Gasteiger partial charge in [-0.05, 0) is 82.3 Å². The number of rotatable bonds is 33. The fourth-order valence-electron chi connectivity index (χ4n) is 6.27. The summed E-state index contributed by atoms with van der Waals surface area (Å²) in [5, 5.41) is 0. The van der Waals surface area contributed by atoms with Crippen molar-refractivity contribution in [2.75, 3.05) is 33.9 Å². The Morgan fingerprint density at radius 1 is 0.660 bits per heavy atom. The lowest BCUT2D eigenvalue weighted by Crippen LogP contribution is -2.21. The number of carbonyl (C=O) groups is 2. The van der Waals surface area contributed by atoms with Crippen LogP contribution in [0.2, 0.25) is 0 Å². The zero-order chi connectivity index (χ0) is 34.8. The fourth-order valence-corrected chi connectivity index (χ4v) is 6.27. The van der Waals surface area contributed by atoms with Gasteiger partial charge in [-0.3, -0.25) is 9.59 Å². The Kier molecular flexibility index (Phi) is 32.4. The highest BCUT2D eigenvalue weighted by Crippen LogP contribution is 2.21. The summed E-state index contributed by atoms with van der Waals surface area (Å²) in [6.45, 7) is 12.4. The van der Waals surface area contributed by atoms with E-state index in [0.29, 0.717) is 32.0 Å². The molecule has 0 saturated carbocycles. The first-order chi connectivity index (χ1) is 22.8. The molecule has 3 unspecified atom stereocenters. The number of nitrogens with zero attached hydrogens (tertiary/aromatic N) is 1. The minimum absolute atomic E-state index is 0.0128. The van der Waals surface area contributed by atoms with Crippen LogP contribution < -0.4 is 0 Å². The minimum Gasteiger partial charge on any atom is -0.466 e. The van der Waals surface area contributed by atoms with Crippen molar-refractivity contribution in [3.8, 4) is 0 Å². The standard InChI is InChI=1S/C42H75NO4/c1-7-10-21-28-38(4)35-41(44)46-33-26-19-15-13-17-24-31-40(37-43(5)6)32-25-18-14-16-20-27-34-47-42(45)36-39(29-22-11-8-2)30-23-12-9-3/h29,38-40H,2,7,9-10,12-21,23-28,30-37H2,1,3-6H3. The van der Waals surface area contributed by atoms with Gasteiger partial charge in [0.25, 0.3) is 0 Å². The number of hydrogen-bond donors (Lipinski definition) is 0. The van der Waals surface area contributed by atoms with Crippen molar-refractivity contribution in [1.82, 2.24) is 4.90 Å². The molecule has 0 saturated heterocycles. The van der Waals surface area contributed by atoms with Crippen LogP contribution in [-0.4, -0.2) is 50.7 Å². The molecule has 0 aliphatic rings. The van der Waals surface area contributed by atoms with Crippen LogP contribution >= 0.6 is 0 Å². The molecule has 0 heterocycles. The van der Waals surface area contributed by atoms with Crippen LogP contribution in [0.5, 0.6) is 0 Å². The Hall–Kier alpha value is -2.02. The molecule has 5 nitrogen and oxygen atoms in total. The summed E-state index contributed by atoms with van der Waals surface area (Å²) < 4.78 is 11.0. The topological polar surface area (TPSA) is 55.8 Å². The minimum atomic E-state index is -0.102. The zero-order valence-electron chi connectivity index (χ0n) is 31.7.